The lowest BCUT2D eigenvalue weighted by atomic mass is 9.88. The molecule has 57 heavy (non-hydrogen) atoms. The summed E-state index contributed by atoms with van der Waals surface area (Å²) in [6, 6.07) is 71.1. The second kappa shape index (κ2) is 13.2. The Morgan fingerprint density at radius 3 is 1.60 bits per heavy atom. The van der Waals surface area contributed by atoms with Gasteiger partial charge < -0.3 is 4.57 Å². The zero-order valence-corrected chi connectivity index (χ0v) is 30.9. The molecule has 3 nitrogen and oxygen atoms in total. The van der Waals surface area contributed by atoms with E-state index in [1.807, 2.05) is 24.3 Å². The Hall–Kier alpha value is -7.80. The van der Waals surface area contributed by atoms with Crippen LogP contribution in [-0.4, -0.2) is 9.55 Å². The quantitative estimate of drug-likeness (QED) is 0.128. The lowest BCUT2D eigenvalue weighted by molar-refractivity contribution is 1.18. The molecule has 11 aromatic rings. The third kappa shape index (κ3) is 5.39. The Morgan fingerprint density at radius 1 is 0.351 bits per heavy atom. The molecule has 3 heteroatoms. The fourth-order valence-electron chi connectivity index (χ4n) is 8.71. The fourth-order valence-corrected chi connectivity index (χ4v) is 8.71. The van der Waals surface area contributed by atoms with Gasteiger partial charge in [0.1, 0.15) is 0 Å². The first-order chi connectivity index (χ1) is 28.2. The van der Waals surface area contributed by atoms with Crippen LogP contribution in [0.3, 0.4) is 0 Å². The molecule has 0 unspecified atom stereocenters. The number of rotatable bonds is 5. The molecule has 0 amide bonds. The molecule has 0 atom stereocenters. The SMILES string of the molecule is [C-]#[N+]c1ccc2c(c1)c1cc(-c3ccc(-c4cc5c6ccccc6c(-c6cccc(-c7ccccc7)n6)cc5c5ccccc45)cc3)ccc1n2-c1ccccc1. The molecule has 9 aromatic carbocycles. The molecule has 11 rings (SSSR count). The molecule has 0 spiro atoms. The Balaban J connectivity index is 1.04. The zero-order chi connectivity index (χ0) is 37.9. The summed E-state index contributed by atoms with van der Waals surface area (Å²) in [6.07, 6.45) is 0. The second-order valence-corrected chi connectivity index (χ2v) is 14.6. The molecule has 0 bridgehead atoms. The molecule has 0 saturated carbocycles. The van der Waals surface area contributed by atoms with E-state index in [9.17, 15) is 0 Å². The minimum Gasteiger partial charge on any atom is -0.309 e. The molecule has 0 aliphatic carbocycles. The highest BCUT2D eigenvalue weighted by atomic mass is 15.0. The van der Waals surface area contributed by atoms with E-state index in [1.54, 1.807) is 0 Å². The first-order valence-electron chi connectivity index (χ1n) is 19.2. The van der Waals surface area contributed by atoms with Crippen molar-refractivity contribution in [2.75, 3.05) is 0 Å². The van der Waals surface area contributed by atoms with E-state index in [4.69, 9.17) is 11.6 Å². The van der Waals surface area contributed by atoms with Crippen LogP contribution in [0.4, 0.5) is 5.69 Å². The highest BCUT2D eigenvalue weighted by Gasteiger charge is 2.17. The van der Waals surface area contributed by atoms with Crippen molar-refractivity contribution in [3.8, 4) is 50.5 Å². The topological polar surface area (TPSA) is 22.2 Å². The number of nitrogens with zero attached hydrogens (tertiary/aromatic N) is 3. The molecule has 2 aromatic heterocycles. The molecule has 2 heterocycles. The molecule has 0 aliphatic heterocycles. The molecule has 0 aliphatic rings. The van der Waals surface area contributed by atoms with Crippen LogP contribution in [0.2, 0.25) is 0 Å². The normalized spacial score (nSPS) is 11.5. The Kier molecular flexibility index (Phi) is 7.55. The van der Waals surface area contributed by atoms with E-state index in [0.717, 1.165) is 61.1 Å². The van der Waals surface area contributed by atoms with Crippen LogP contribution in [0.1, 0.15) is 0 Å². The van der Waals surface area contributed by atoms with Gasteiger partial charge in [0, 0.05) is 22.2 Å². The second-order valence-electron chi connectivity index (χ2n) is 14.6. The predicted octanol–water partition coefficient (Wildman–Crippen LogP) is 14.9. The maximum Gasteiger partial charge on any atom is 0.188 e. The number of para-hydroxylation sites is 1. The zero-order valence-electron chi connectivity index (χ0n) is 30.9. The molecule has 264 valence electrons. The highest BCUT2D eigenvalue weighted by Crippen LogP contribution is 2.43. The largest absolute Gasteiger partial charge is 0.309 e. The van der Waals surface area contributed by atoms with Crippen molar-refractivity contribution in [3.63, 3.8) is 0 Å². The molecular weight excluding hydrogens is 691 g/mol. The smallest absolute Gasteiger partial charge is 0.188 e. The standard InChI is InChI=1S/C54H33N3/c1-55-39-28-30-54-50(32-39)49-31-38(27-29-53(49)57(54)40-15-6-3-7-16-40)35-23-25-36(26-24-35)45-33-46-43-19-10-11-20-44(43)48(34-47(46)42-18-9-8-17-41(42)45)52-22-12-21-51(56-52)37-13-4-2-5-14-37/h2-34H. The third-order valence-corrected chi connectivity index (χ3v) is 11.4. The van der Waals surface area contributed by atoms with Gasteiger partial charge in [-0.3, -0.25) is 0 Å². The summed E-state index contributed by atoms with van der Waals surface area (Å²) in [5.41, 5.74) is 12.8. The van der Waals surface area contributed by atoms with E-state index in [1.165, 1.54) is 43.4 Å². The summed E-state index contributed by atoms with van der Waals surface area (Å²) < 4.78 is 2.29. The van der Waals surface area contributed by atoms with Crippen molar-refractivity contribution < 1.29 is 0 Å². The van der Waals surface area contributed by atoms with Gasteiger partial charge in [0.2, 0.25) is 0 Å². The Bertz CT molecular complexity index is 3390. The molecule has 0 saturated heterocycles. The van der Waals surface area contributed by atoms with Gasteiger partial charge in [0.05, 0.1) is 29.0 Å². The summed E-state index contributed by atoms with van der Waals surface area (Å²) in [7, 11) is 0. The van der Waals surface area contributed by atoms with E-state index in [-0.39, 0.29) is 0 Å². The fraction of sp³-hybridized carbons (Fsp3) is 0. The van der Waals surface area contributed by atoms with Gasteiger partial charge in [-0.25, -0.2) is 9.83 Å². The van der Waals surface area contributed by atoms with Gasteiger partial charge in [-0.1, -0.05) is 140 Å². The predicted molar refractivity (Wildman–Crippen MR) is 239 cm³/mol. The minimum absolute atomic E-state index is 0.643. The van der Waals surface area contributed by atoms with Gasteiger partial charge in [-0.2, -0.15) is 0 Å². The number of benzene rings is 9. The van der Waals surface area contributed by atoms with Gasteiger partial charge in [-0.15, -0.1) is 0 Å². The number of hydrogen-bond donors (Lipinski definition) is 0. The van der Waals surface area contributed by atoms with E-state index in [0.29, 0.717) is 5.69 Å². The van der Waals surface area contributed by atoms with Crippen molar-refractivity contribution in [2.45, 2.75) is 0 Å². The Morgan fingerprint density at radius 2 is 0.895 bits per heavy atom. The van der Waals surface area contributed by atoms with Crippen LogP contribution in [-0.2, 0) is 0 Å². The van der Waals surface area contributed by atoms with Crippen molar-refractivity contribution in [1.29, 1.82) is 0 Å². The first-order valence-corrected chi connectivity index (χ1v) is 19.2. The lowest BCUT2D eigenvalue weighted by Gasteiger charge is -2.16. The van der Waals surface area contributed by atoms with Crippen LogP contribution < -0.4 is 0 Å². The minimum atomic E-state index is 0.643. The number of hydrogen-bond acceptors (Lipinski definition) is 1. The van der Waals surface area contributed by atoms with Gasteiger partial charge in [0.15, 0.2) is 5.69 Å². The average Bonchev–Trinajstić information content (AvgIpc) is 3.62. The maximum absolute atomic E-state index is 7.70. The van der Waals surface area contributed by atoms with Crippen LogP contribution in [0.5, 0.6) is 0 Å². The molecule has 0 N–H and O–H groups in total. The summed E-state index contributed by atoms with van der Waals surface area (Å²) in [5, 5.41) is 9.50. The highest BCUT2D eigenvalue weighted by molar-refractivity contribution is 6.23. The maximum atomic E-state index is 7.70. The monoisotopic (exact) mass is 723 g/mol. The number of aromatic nitrogens is 2. The summed E-state index contributed by atoms with van der Waals surface area (Å²) in [6.45, 7) is 7.70. The molecule has 0 fully saturated rings. The van der Waals surface area contributed by atoms with Crippen molar-refractivity contribution in [1.82, 2.24) is 9.55 Å². The average molecular weight is 724 g/mol. The van der Waals surface area contributed by atoms with Gasteiger partial charge >= 0.3 is 0 Å². The summed E-state index contributed by atoms with van der Waals surface area (Å²) >= 11 is 0. The van der Waals surface area contributed by atoms with Crippen molar-refractivity contribution in [2.24, 2.45) is 0 Å². The van der Waals surface area contributed by atoms with Gasteiger partial charge in [0.25, 0.3) is 0 Å². The number of pyridine rings is 1. The van der Waals surface area contributed by atoms with Crippen LogP contribution in [0.25, 0.3) is 109 Å². The third-order valence-electron chi connectivity index (χ3n) is 11.4. The summed E-state index contributed by atoms with van der Waals surface area (Å²) in [4.78, 5) is 8.95. The Labute approximate surface area is 330 Å². The van der Waals surface area contributed by atoms with Gasteiger partial charge in [-0.05, 0) is 121 Å². The first kappa shape index (κ1) is 32.6. The van der Waals surface area contributed by atoms with Crippen LogP contribution in [0, 0.1) is 6.57 Å². The molecule has 0 radical (unpaired) electrons. The number of fused-ring (bicyclic) bond motifs is 8. The molecular formula is C54H33N3. The van der Waals surface area contributed by atoms with Crippen molar-refractivity contribution in [3.05, 3.63) is 212 Å². The van der Waals surface area contributed by atoms with E-state index >= 15 is 0 Å². The van der Waals surface area contributed by atoms with Crippen LogP contribution in [0.15, 0.2) is 200 Å². The van der Waals surface area contributed by atoms with E-state index < -0.39 is 0 Å². The lowest BCUT2D eigenvalue weighted by Crippen LogP contribution is -1.92. The summed E-state index contributed by atoms with van der Waals surface area (Å²) in [5.74, 6) is 0. The van der Waals surface area contributed by atoms with E-state index in [2.05, 4.69) is 185 Å². The van der Waals surface area contributed by atoms with Crippen LogP contribution >= 0.6 is 0 Å². The van der Waals surface area contributed by atoms with Crippen molar-refractivity contribution >= 4 is 59.8 Å².